The molecule has 9 nitrogen and oxygen atoms in total. The van der Waals surface area contributed by atoms with E-state index in [-0.39, 0.29) is 30.8 Å². The molecule has 2 rings (SSSR count). The molecule has 2 atom stereocenters. The number of carbonyl (C=O) groups is 4. The second-order valence-electron chi connectivity index (χ2n) is 10.0. The number of rotatable bonds is 10. The molecule has 0 bridgehead atoms. The summed E-state index contributed by atoms with van der Waals surface area (Å²) in [5.74, 6) is -1.33. The van der Waals surface area contributed by atoms with Gasteiger partial charge in [-0.25, -0.2) is 4.79 Å². The molecule has 0 spiro atoms. The van der Waals surface area contributed by atoms with E-state index in [1.165, 1.54) is 0 Å². The summed E-state index contributed by atoms with van der Waals surface area (Å²) in [6.45, 7) is 8.86. The van der Waals surface area contributed by atoms with Crippen LogP contribution in [0.25, 0.3) is 0 Å². The molecule has 9 heteroatoms. The third-order valence-electron chi connectivity index (χ3n) is 5.46. The van der Waals surface area contributed by atoms with Crippen molar-refractivity contribution in [3.8, 4) is 0 Å². The van der Waals surface area contributed by atoms with Gasteiger partial charge < -0.3 is 26.0 Å². The highest BCUT2D eigenvalue weighted by Gasteiger charge is 2.42. The van der Waals surface area contributed by atoms with Crippen molar-refractivity contribution in [2.24, 2.45) is 5.73 Å². The topological polar surface area (TPSA) is 131 Å². The van der Waals surface area contributed by atoms with Gasteiger partial charge in [0.25, 0.3) is 0 Å². The molecule has 0 radical (unpaired) electrons. The molecular formula is C25H38N4O5. The van der Waals surface area contributed by atoms with Gasteiger partial charge in [-0.05, 0) is 65.9 Å². The molecule has 4 N–H and O–H groups in total. The first-order valence-corrected chi connectivity index (χ1v) is 11.8. The van der Waals surface area contributed by atoms with E-state index in [9.17, 15) is 19.2 Å². The number of ether oxygens (including phenoxy) is 1. The Hall–Kier alpha value is -3.10. The fourth-order valence-corrected chi connectivity index (χ4v) is 3.79. The Morgan fingerprint density at radius 3 is 2.18 bits per heavy atom. The Labute approximate surface area is 201 Å². The highest BCUT2D eigenvalue weighted by Crippen LogP contribution is 2.34. The van der Waals surface area contributed by atoms with Gasteiger partial charge >= 0.3 is 6.09 Å². The molecule has 188 valence electrons. The average Bonchev–Trinajstić information content (AvgIpc) is 2.67. The molecule has 0 heterocycles. The molecule has 1 aliphatic rings. The first kappa shape index (κ1) is 27.1. The Bertz CT molecular complexity index is 862. The Balaban J connectivity index is 2.43. The maximum Gasteiger partial charge on any atom is 0.408 e. The van der Waals surface area contributed by atoms with Crippen LogP contribution in [0.2, 0.25) is 0 Å². The molecule has 1 saturated carbocycles. The summed E-state index contributed by atoms with van der Waals surface area (Å²) in [7, 11) is 0. The monoisotopic (exact) mass is 474 g/mol. The Kier molecular flexibility index (Phi) is 9.46. The van der Waals surface area contributed by atoms with Gasteiger partial charge in [-0.2, -0.15) is 0 Å². The van der Waals surface area contributed by atoms with E-state index in [2.05, 4.69) is 10.6 Å². The van der Waals surface area contributed by atoms with E-state index < -0.39 is 35.6 Å². The number of benzene rings is 1. The summed E-state index contributed by atoms with van der Waals surface area (Å²) in [5, 5.41) is 5.53. The minimum Gasteiger partial charge on any atom is -0.444 e. The number of hydrogen-bond donors (Lipinski definition) is 3. The lowest BCUT2D eigenvalue weighted by Crippen LogP contribution is -2.58. The summed E-state index contributed by atoms with van der Waals surface area (Å²) >= 11 is 0. The van der Waals surface area contributed by atoms with Crippen LogP contribution in [0.15, 0.2) is 30.3 Å². The zero-order valence-corrected chi connectivity index (χ0v) is 20.8. The summed E-state index contributed by atoms with van der Waals surface area (Å²) < 4.78 is 5.33. The van der Waals surface area contributed by atoms with E-state index in [1.54, 1.807) is 25.7 Å². The maximum atomic E-state index is 13.9. The van der Waals surface area contributed by atoms with Gasteiger partial charge in [0.15, 0.2) is 0 Å². The van der Waals surface area contributed by atoms with Crippen molar-refractivity contribution in [2.45, 2.75) is 96.5 Å². The van der Waals surface area contributed by atoms with Crippen molar-refractivity contribution in [2.75, 3.05) is 0 Å². The number of nitrogens with two attached hydrogens (primary N) is 1. The summed E-state index contributed by atoms with van der Waals surface area (Å²) in [6, 6.07) is 6.87. The minimum atomic E-state index is -1.07. The molecule has 1 aromatic carbocycles. The number of primary amides is 1. The SMILES string of the molecule is CC(C)NC(=O)C(c1ccccc1)N(C(=O)C(CCC(N)=O)NC(=O)OC(C)(C)C)C1CCC1. The molecule has 0 aromatic heterocycles. The lowest BCUT2D eigenvalue weighted by molar-refractivity contribution is -0.147. The average molecular weight is 475 g/mol. The second kappa shape index (κ2) is 11.9. The number of nitrogens with zero attached hydrogens (tertiary/aromatic N) is 1. The lowest BCUT2D eigenvalue weighted by atomic mass is 9.87. The van der Waals surface area contributed by atoms with Gasteiger partial charge in [-0.1, -0.05) is 30.3 Å². The first-order chi connectivity index (χ1) is 15.9. The van der Waals surface area contributed by atoms with Crippen molar-refractivity contribution in [3.63, 3.8) is 0 Å². The third kappa shape index (κ3) is 8.04. The Morgan fingerprint density at radius 1 is 1.09 bits per heavy atom. The van der Waals surface area contributed by atoms with Crippen LogP contribution in [0.3, 0.4) is 0 Å². The quantitative estimate of drug-likeness (QED) is 0.480. The van der Waals surface area contributed by atoms with E-state index in [0.717, 1.165) is 19.3 Å². The van der Waals surface area contributed by atoms with Crippen molar-refractivity contribution in [1.82, 2.24) is 15.5 Å². The van der Waals surface area contributed by atoms with Gasteiger partial charge in [0, 0.05) is 18.5 Å². The highest BCUT2D eigenvalue weighted by molar-refractivity contribution is 5.92. The molecule has 1 aliphatic carbocycles. The third-order valence-corrected chi connectivity index (χ3v) is 5.46. The molecule has 1 aromatic rings. The van der Waals surface area contributed by atoms with E-state index in [0.29, 0.717) is 5.56 Å². The van der Waals surface area contributed by atoms with Crippen molar-refractivity contribution >= 4 is 23.8 Å². The van der Waals surface area contributed by atoms with Gasteiger partial charge in [0.2, 0.25) is 17.7 Å². The fraction of sp³-hybridized carbons (Fsp3) is 0.600. The van der Waals surface area contributed by atoms with Crippen molar-refractivity contribution in [1.29, 1.82) is 0 Å². The van der Waals surface area contributed by atoms with Crippen LogP contribution in [0.4, 0.5) is 4.79 Å². The van der Waals surface area contributed by atoms with Gasteiger partial charge in [-0.3, -0.25) is 14.4 Å². The van der Waals surface area contributed by atoms with E-state index >= 15 is 0 Å². The molecule has 2 unspecified atom stereocenters. The normalized spacial score (nSPS) is 15.6. The molecule has 4 amide bonds. The molecular weight excluding hydrogens is 436 g/mol. The lowest BCUT2D eigenvalue weighted by Gasteiger charge is -2.43. The van der Waals surface area contributed by atoms with Gasteiger partial charge in [-0.15, -0.1) is 0 Å². The Morgan fingerprint density at radius 2 is 1.71 bits per heavy atom. The van der Waals surface area contributed by atoms with E-state index in [4.69, 9.17) is 10.5 Å². The zero-order valence-electron chi connectivity index (χ0n) is 20.8. The van der Waals surface area contributed by atoms with Crippen LogP contribution in [0.1, 0.15) is 78.3 Å². The number of nitrogens with one attached hydrogen (secondary N) is 2. The number of alkyl carbamates (subject to hydrolysis) is 1. The fourth-order valence-electron chi connectivity index (χ4n) is 3.79. The number of amides is 4. The van der Waals surface area contributed by atoms with Crippen LogP contribution in [0, 0.1) is 0 Å². The van der Waals surface area contributed by atoms with E-state index in [1.807, 2.05) is 44.2 Å². The van der Waals surface area contributed by atoms with Crippen LogP contribution in [0.5, 0.6) is 0 Å². The number of carbonyl (C=O) groups excluding carboxylic acids is 4. The van der Waals surface area contributed by atoms with Crippen molar-refractivity contribution < 1.29 is 23.9 Å². The number of hydrogen-bond acceptors (Lipinski definition) is 5. The molecule has 0 aliphatic heterocycles. The largest absolute Gasteiger partial charge is 0.444 e. The first-order valence-electron chi connectivity index (χ1n) is 11.8. The second-order valence-corrected chi connectivity index (χ2v) is 10.0. The molecule has 1 fully saturated rings. The van der Waals surface area contributed by atoms with Gasteiger partial charge in [0.05, 0.1) is 0 Å². The summed E-state index contributed by atoms with van der Waals surface area (Å²) in [4.78, 5) is 52.8. The highest BCUT2D eigenvalue weighted by atomic mass is 16.6. The van der Waals surface area contributed by atoms with Crippen molar-refractivity contribution in [3.05, 3.63) is 35.9 Å². The van der Waals surface area contributed by atoms with Crippen LogP contribution >= 0.6 is 0 Å². The zero-order chi connectivity index (χ0) is 25.5. The molecule has 0 saturated heterocycles. The standard InChI is InChI=1S/C25H38N4O5/c1-16(2)27-22(31)21(17-10-7-6-8-11-17)29(18-12-9-13-18)23(32)19(14-15-20(26)30)28-24(33)34-25(3,4)5/h6-8,10-11,16,18-19,21H,9,12-15H2,1-5H3,(H2,26,30)(H,27,31)(H,28,33). The smallest absolute Gasteiger partial charge is 0.408 e. The van der Waals surface area contributed by atoms with Crippen LogP contribution in [-0.2, 0) is 19.1 Å². The maximum absolute atomic E-state index is 13.9. The predicted molar refractivity (Wildman–Crippen MR) is 129 cm³/mol. The predicted octanol–water partition coefficient (Wildman–Crippen LogP) is 2.79. The van der Waals surface area contributed by atoms with Crippen LogP contribution in [-0.4, -0.2) is 52.4 Å². The molecule has 34 heavy (non-hydrogen) atoms. The minimum absolute atomic E-state index is 0.00391. The summed E-state index contributed by atoms with van der Waals surface area (Å²) in [5.41, 5.74) is 5.24. The van der Waals surface area contributed by atoms with Crippen LogP contribution < -0.4 is 16.4 Å². The van der Waals surface area contributed by atoms with Gasteiger partial charge in [0.1, 0.15) is 17.7 Å². The summed E-state index contributed by atoms with van der Waals surface area (Å²) in [6.07, 6.45) is 1.57.